The first-order chi connectivity index (χ1) is 6.52. The number of hydrogen-bond donors (Lipinski definition) is 0. The molecular formula is C10H20F2OS. The van der Waals surface area contributed by atoms with E-state index in [1.54, 1.807) is 0 Å². The summed E-state index contributed by atoms with van der Waals surface area (Å²) < 4.78 is 36.0. The van der Waals surface area contributed by atoms with Crippen LogP contribution in [0.5, 0.6) is 0 Å². The summed E-state index contributed by atoms with van der Waals surface area (Å²) in [5.74, 6) is 1.10. The van der Waals surface area contributed by atoms with Crippen molar-refractivity contribution in [2.75, 3.05) is 11.5 Å². The fraction of sp³-hybridized carbons (Fsp3) is 1.00. The van der Waals surface area contributed by atoms with Crippen LogP contribution in [-0.2, 0) is 11.2 Å². The summed E-state index contributed by atoms with van der Waals surface area (Å²) in [6.07, 6.45) is 0.664. The lowest BCUT2D eigenvalue weighted by Gasteiger charge is -2.11. The topological polar surface area (TPSA) is 23.1 Å². The van der Waals surface area contributed by atoms with Crippen LogP contribution in [0, 0.1) is 0 Å². The van der Waals surface area contributed by atoms with Gasteiger partial charge in [0.2, 0.25) is 0 Å². The average Bonchev–Trinajstić information content (AvgIpc) is 2.02. The number of halogens is 2. The molecule has 0 aromatic carbocycles. The van der Waals surface area contributed by atoms with E-state index in [0.29, 0.717) is 37.2 Å². The SMILES string of the molecule is CC(F)CCC[S+]([O-])CCCC(C)F. The van der Waals surface area contributed by atoms with Gasteiger partial charge in [-0.25, -0.2) is 8.78 Å². The van der Waals surface area contributed by atoms with E-state index in [9.17, 15) is 13.3 Å². The number of hydrogen-bond acceptors (Lipinski definition) is 1. The second-order valence-corrected chi connectivity index (χ2v) is 5.39. The smallest absolute Gasteiger partial charge is 0.105 e. The molecule has 0 aliphatic heterocycles. The Morgan fingerprint density at radius 2 is 1.36 bits per heavy atom. The molecule has 0 amide bonds. The van der Waals surface area contributed by atoms with Gasteiger partial charge in [0.15, 0.2) is 0 Å². The zero-order chi connectivity index (χ0) is 11.0. The maximum Gasteiger partial charge on any atom is 0.105 e. The molecule has 0 heterocycles. The van der Waals surface area contributed by atoms with Gasteiger partial charge >= 0.3 is 0 Å². The van der Waals surface area contributed by atoms with E-state index in [2.05, 4.69) is 0 Å². The van der Waals surface area contributed by atoms with Crippen molar-refractivity contribution < 1.29 is 13.3 Å². The maximum atomic E-state index is 12.4. The molecule has 0 N–H and O–H groups in total. The minimum atomic E-state index is -0.886. The van der Waals surface area contributed by atoms with Crippen LogP contribution in [0.2, 0.25) is 0 Å². The Bertz CT molecular complexity index is 117. The van der Waals surface area contributed by atoms with Gasteiger partial charge in [-0.15, -0.1) is 0 Å². The molecule has 0 rings (SSSR count). The van der Waals surface area contributed by atoms with E-state index in [4.69, 9.17) is 0 Å². The second-order valence-electron chi connectivity index (χ2n) is 3.69. The zero-order valence-electron chi connectivity index (χ0n) is 8.97. The first kappa shape index (κ1) is 14.2. The Hall–Kier alpha value is 0.170. The molecule has 0 aromatic rings. The van der Waals surface area contributed by atoms with Gasteiger partial charge in [0.1, 0.15) is 11.5 Å². The van der Waals surface area contributed by atoms with Gasteiger partial charge in [-0.1, -0.05) is 11.2 Å². The molecule has 0 spiro atoms. The Labute approximate surface area is 88.4 Å². The zero-order valence-corrected chi connectivity index (χ0v) is 9.79. The van der Waals surface area contributed by atoms with Crippen LogP contribution in [-0.4, -0.2) is 28.4 Å². The number of alkyl halides is 2. The van der Waals surface area contributed by atoms with Crippen LogP contribution in [0.1, 0.15) is 39.5 Å². The van der Waals surface area contributed by atoms with E-state index in [1.807, 2.05) is 0 Å². The van der Waals surface area contributed by atoms with Gasteiger partial charge < -0.3 is 4.55 Å². The molecular weight excluding hydrogens is 206 g/mol. The van der Waals surface area contributed by atoms with Crippen LogP contribution in [0.3, 0.4) is 0 Å². The molecule has 2 atom stereocenters. The Kier molecular flexibility index (Phi) is 8.58. The normalized spacial score (nSPS) is 17.8. The van der Waals surface area contributed by atoms with E-state index >= 15 is 0 Å². The molecule has 4 heteroatoms. The predicted octanol–water partition coefficient (Wildman–Crippen LogP) is 3.01. The van der Waals surface area contributed by atoms with Crippen molar-refractivity contribution in [3.8, 4) is 0 Å². The summed E-state index contributed by atoms with van der Waals surface area (Å²) in [5.41, 5.74) is 0. The molecule has 2 unspecified atom stereocenters. The van der Waals surface area contributed by atoms with Gasteiger partial charge in [0.25, 0.3) is 0 Å². The van der Waals surface area contributed by atoms with Gasteiger partial charge in [-0.3, -0.25) is 0 Å². The Morgan fingerprint density at radius 1 is 1.00 bits per heavy atom. The molecule has 1 nitrogen and oxygen atoms in total. The first-order valence-corrected chi connectivity index (χ1v) is 6.64. The van der Waals surface area contributed by atoms with Gasteiger partial charge in [-0.2, -0.15) is 0 Å². The van der Waals surface area contributed by atoms with Gasteiger partial charge in [0, 0.05) is 0 Å². The van der Waals surface area contributed by atoms with Crippen LogP contribution < -0.4 is 0 Å². The van der Waals surface area contributed by atoms with Crippen molar-refractivity contribution in [2.24, 2.45) is 0 Å². The molecule has 0 aromatic heterocycles. The lowest BCUT2D eigenvalue weighted by Crippen LogP contribution is -2.13. The predicted molar refractivity (Wildman–Crippen MR) is 57.5 cm³/mol. The highest BCUT2D eigenvalue weighted by atomic mass is 32.2. The molecule has 0 saturated heterocycles. The highest BCUT2D eigenvalue weighted by Gasteiger charge is 2.08. The van der Waals surface area contributed by atoms with E-state index in [1.165, 1.54) is 13.8 Å². The standard InChI is InChI=1S/C10H20F2OS/c1-9(11)5-3-7-14(13)8-4-6-10(2)12/h9-10H,3-8H2,1-2H3. The minimum absolute atomic E-state index is 0.477. The van der Waals surface area contributed by atoms with Crippen molar-refractivity contribution in [2.45, 2.75) is 51.9 Å². The summed E-state index contributed by atoms with van der Waals surface area (Å²) >= 11 is -0.886. The molecule has 0 aliphatic carbocycles. The molecule has 0 fully saturated rings. The largest absolute Gasteiger partial charge is 0.616 e. The van der Waals surface area contributed by atoms with Crippen LogP contribution >= 0.6 is 0 Å². The maximum absolute atomic E-state index is 12.4. The second kappa shape index (κ2) is 8.48. The summed E-state index contributed by atoms with van der Waals surface area (Å²) in [6, 6.07) is 0. The summed E-state index contributed by atoms with van der Waals surface area (Å²) in [7, 11) is 0. The van der Waals surface area contributed by atoms with Crippen molar-refractivity contribution >= 4 is 11.2 Å². The van der Waals surface area contributed by atoms with E-state index in [-0.39, 0.29) is 0 Å². The monoisotopic (exact) mass is 226 g/mol. The molecule has 0 aliphatic rings. The third kappa shape index (κ3) is 10.3. The van der Waals surface area contributed by atoms with Crippen LogP contribution in [0.15, 0.2) is 0 Å². The van der Waals surface area contributed by atoms with Gasteiger partial charge in [0.05, 0.1) is 12.3 Å². The highest BCUT2D eigenvalue weighted by molar-refractivity contribution is 7.91. The van der Waals surface area contributed by atoms with Crippen molar-refractivity contribution in [3.63, 3.8) is 0 Å². The quantitative estimate of drug-likeness (QED) is 0.583. The molecule has 0 saturated carbocycles. The van der Waals surface area contributed by atoms with Crippen LogP contribution in [0.25, 0.3) is 0 Å². The number of rotatable bonds is 8. The minimum Gasteiger partial charge on any atom is -0.616 e. The average molecular weight is 226 g/mol. The summed E-state index contributed by atoms with van der Waals surface area (Å²) in [5, 5.41) is 0. The van der Waals surface area contributed by atoms with Crippen molar-refractivity contribution in [1.82, 2.24) is 0 Å². The lowest BCUT2D eigenvalue weighted by molar-refractivity contribution is 0.337. The summed E-state index contributed by atoms with van der Waals surface area (Å²) in [6.45, 7) is 3.02. The summed E-state index contributed by atoms with van der Waals surface area (Å²) in [4.78, 5) is 0. The Balaban J connectivity index is 3.23. The highest BCUT2D eigenvalue weighted by Crippen LogP contribution is 2.07. The molecule has 0 bridgehead atoms. The van der Waals surface area contributed by atoms with Crippen LogP contribution in [0.4, 0.5) is 8.78 Å². The van der Waals surface area contributed by atoms with Gasteiger partial charge in [-0.05, 0) is 39.5 Å². The Morgan fingerprint density at radius 3 is 1.64 bits per heavy atom. The molecule has 0 radical (unpaired) electrons. The first-order valence-electron chi connectivity index (χ1n) is 5.15. The fourth-order valence-corrected chi connectivity index (χ4v) is 2.33. The molecule has 14 heavy (non-hydrogen) atoms. The lowest BCUT2D eigenvalue weighted by atomic mass is 10.2. The van der Waals surface area contributed by atoms with Crippen molar-refractivity contribution in [3.05, 3.63) is 0 Å². The van der Waals surface area contributed by atoms with E-state index < -0.39 is 23.5 Å². The fourth-order valence-electron chi connectivity index (χ4n) is 1.15. The molecule has 86 valence electrons. The van der Waals surface area contributed by atoms with Crippen molar-refractivity contribution in [1.29, 1.82) is 0 Å². The van der Waals surface area contributed by atoms with E-state index in [0.717, 1.165) is 0 Å². The third-order valence-electron chi connectivity index (χ3n) is 1.95. The third-order valence-corrected chi connectivity index (χ3v) is 3.44.